The number of nitrogens with one attached hydrogen (secondary N) is 2. The fraction of sp³-hybridized carbons (Fsp3) is 0.235. The van der Waals surface area contributed by atoms with E-state index in [0.717, 1.165) is 28.0 Å². The number of aryl methyl sites for hydroxylation is 1. The van der Waals surface area contributed by atoms with Crippen molar-refractivity contribution in [1.29, 1.82) is 0 Å². The Labute approximate surface area is 163 Å². The zero-order valence-corrected chi connectivity index (χ0v) is 16.3. The second-order valence-electron chi connectivity index (χ2n) is 5.47. The molecule has 0 saturated heterocycles. The summed E-state index contributed by atoms with van der Waals surface area (Å²) in [7, 11) is 1.44. The van der Waals surface area contributed by atoms with Gasteiger partial charge in [-0.3, -0.25) is 10.1 Å². The summed E-state index contributed by atoms with van der Waals surface area (Å²) in [6, 6.07) is 8.52. The molecule has 3 rings (SSSR count). The second kappa shape index (κ2) is 8.78. The minimum atomic E-state index is -0.710. The molecular weight excluding hydrogens is 386 g/mol. The van der Waals surface area contributed by atoms with Crippen LogP contribution in [0.15, 0.2) is 45.4 Å². The van der Waals surface area contributed by atoms with Crippen molar-refractivity contribution in [2.24, 2.45) is 0 Å². The van der Waals surface area contributed by atoms with Crippen LogP contribution in [-0.2, 0) is 11.2 Å². The summed E-state index contributed by atoms with van der Waals surface area (Å²) >= 11 is 2.64. The Morgan fingerprint density at radius 3 is 2.70 bits per heavy atom. The van der Waals surface area contributed by atoms with E-state index in [0.29, 0.717) is 12.3 Å². The molecule has 10 heteroatoms. The lowest BCUT2D eigenvalue weighted by molar-refractivity contribution is -0.119. The summed E-state index contributed by atoms with van der Waals surface area (Å²) in [6.45, 7) is 1.93. The lowest BCUT2D eigenvalue weighted by atomic mass is 10.1. The van der Waals surface area contributed by atoms with Gasteiger partial charge in [-0.15, -0.1) is 21.5 Å². The number of aromatic nitrogens is 3. The summed E-state index contributed by atoms with van der Waals surface area (Å²) in [6.07, 6.45) is 0.429. The highest BCUT2D eigenvalue weighted by molar-refractivity contribution is 8.00. The summed E-state index contributed by atoms with van der Waals surface area (Å²) < 4.78 is 5.66. The van der Waals surface area contributed by atoms with Gasteiger partial charge in [-0.1, -0.05) is 30.3 Å². The summed E-state index contributed by atoms with van der Waals surface area (Å²) in [5, 5.41) is 15.1. The van der Waals surface area contributed by atoms with E-state index >= 15 is 0 Å². The zero-order valence-electron chi connectivity index (χ0n) is 14.6. The van der Waals surface area contributed by atoms with Crippen molar-refractivity contribution in [2.75, 3.05) is 7.05 Å². The molecule has 0 spiro atoms. The van der Waals surface area contributed by atoms with Crippen LogP contribution in [0.5, 0.6) is 0 Å². The van der Waals surface area contributed by atoms with Gasteiger partial charge in [-0.25, -0.2) is 9.78 Å². The number of carbonyl (C=O) groups is 2. The van der Waals surface area contributed by atoms with Gasteiger partial charge in [0, 0.05) is 12.4 Å². The molecule has 3 amide bonds. The molecule has 0 radical (unpaired) electrons. The van der Waals surface area contributed by atoms with Crippen LogP contribution in [0.2, 0.25) is 0 Å². The molecule has 1 aromatic carbocycles. The van der Waals surface area contributed by atoms with Crippen LogP contribution in [-0.4, -0.2) is 34.2 Å². The first-order chi connectivity index (χ1) is 13.0. The van der Waals surface area contributed by atoms with Crippen LogP contribution in [0.4, 0.5) is 4.79 Å². The number of hydrogen-bond donors (Lipinski definition) is 2. The molecule has 0 saturated carbocycles. The Bertz CT molecular complexity index is 926. The molecule has 3 aromatic rings. The lowest BCUT2D eigenvalue weighted by Gasteiger charge is -2.14. The van der Waals surface area contributed by atoms with E-state index in [1.165, 1.54) is 7.05 Å². The zero-order chi connectivity index (χ0) is 19.2. The molecule has 0 bridgehead atoms. The molecular formula is C17H17N5O3S2. The number of benzene rings is 1. The predicted octanol–water partition coefficient (Wildman–Crippen LogP) is 2.71. The third kappa shape index (κ3) is 5.14. The van der Waals surface area contributed by atoms with Gasteiger partial charge < -0.3 is 9.73 Å². The molecule has 1 unspecified atom stereocenters. The molecule has 0 fully saturated rings. The largest absolute Gasteiger partial charge is 0.416 e. The highest BCUT2D eigenvalue weighted by Crippen LogP contribution is 2.34. The van der Waals surface area contributed by atoms with Crippen molar-refractivity contribution in [1.82, 2.24) is 25.8 Å². The Morgan fingerprint density at radius 2 is 2.04 bits per heavy atom. The third-order valence-electron chi connectivity index (χ3n) is 3.47. The third-order valence-corrected chi connectivity index (χ3v) is 5.38. The standard InChI is InChI=1S/C17H17N5O3S2/c1-10-19-12(9-26-10)8-13-21-22-17(25-13)27-14(11-6-4-3-5-7-11)15(23)20-16(24)18-2/h3-7,9,14H,8H2,1-2H3,(H2,18,20,23,24). The number of urea groups is 1. The summed E-state index contributed by atoms with van der Waals surface area (Å²) in [5.74, 6) is -0.0539. The summed E-state index contributed by atoms with van der Waals surface area (Å²) in [4.78, 5) is 28.4. The van der Waals surface area contributed by atoms with Gasteiger partial charge >= 0.3 is 6.03 Å². The van der Waals surface area contributed by atoms with Gasteiger partial charge in [-0.2, -0.15) is 0 Å². The van der Waals surface area contributed by atoms with Crippen molar-refractivity contribution >= 4 is 35.0 Å². The number of thiazole rings is 1. The molecule has 8 nitrogen and oxygen atoms in total. The van der Waals surface area contributed by atoms with Crippen LogP contribution in [0, 0.1) is 6.92 Å². The van der Waals surface area contributed by atoms with E-state index < -0.39 is 17.2 Å². The Kier molecular flexibility index (Phi) is 6.20. The van der Waals surface area contributed by atoms with Gasteiger partial charge in [0.1, 0.15) is 5.25 Å². The number of imide groups is 1. The van der Waals surface area contributed by atoms with Gasteiger partial charge in [0.2, 0.25) is 11.8 Å². The Hall–Kier alpha value is -2.72. The Balaban J connectivity index is 1.76. The number of thioether (sulfide) groups is 1. The first kappa shape index (κ1) is 19.1. The molecule has 2 N–H and O–H groups in total. The highest BCUT2D eigenvalue weighted by atomic mass is 32.2. The number of rotatable bonds is 6. The van der Waals surface area contributed by atoms with Crippen LogP contribution < -0.4 is 10.6 Å². The fourth-order valence-corrected chi connectivity index (χ4v) is 3.75. The van der Waals surface area contributed by atoms with Crippen LogP contribution in [0.1, 0.15) is 27.4 Å². The first-order valence-corrected chi connectivity index (χ1v) is 9.78. The van der Waals surface area contributed by atoms with Gasteiger partial charge in [0.05, 0.1) is 17.1 Å². The number of hydrogen-bond acceptors (Lipinski definition) is 8. The maximum absolute atomic E-state index is 12.5. The SMILES string of the molecule is CNC(=O)NC(=O)C(Sc1nnc(Cc2csc(C)n2)o1)c1ccccc1. The smallest absolute Gasteiger partial charge is 0.321 e. The fourth-order valence-electron chi connectivity index (χ4n) is 2.24. The topological polar surface area (TPSA) is 110 Å². The molecule has 27 heavy (non-hydrogen) atoms. The molecule has 2 heterocycles. The van der Waals surface area contributed by atoms with Crippen molar-refractivity contribution in [3.63, 3.8) is 0 Å². The number of amides is 3. The Morgan fingerprint density at radius 1 is 1.26 bits per heavy atom. The van der Waals surface area contributed by atoms with Crippen molar-refractivity contribution in [2.45, 2.75) is 23.8 Å². The monoisotopic (exact) mass is 403 g/mol. The normalized spacial score (nSPS) is 11.8. The number of carbonyl (C=O) groups excluding carboxylic acids is 2. The average Bonchev–Trinajstić information content (AvgIpc) is 3.29. The first-order valence-electron chi connectivity index (χ1n) is 8.02. The van der Waals surface area contributed by atoms with Crippen LogP contribution in [0.25, 0.3) is 0 Å². The van der Waals surface area contributed by atoms with Gasteiger partial charge in [0.25, 0.3) is 5.22 Å². The van der Waals surface area contributed by atoms with E-state index in [1.54, 1.807) is 23.5 Å². The van der Waals surface area contributed by atoms with Gasteiger partial charge in [-0.05, 0) is 24.2 Å². The van der Waals surface area contributed by atoms with Crippen molar-refractivity contribution < 1.29 is 14.0 Å². The predicted molar refractivity (Wildman–Crippen MR) is 102 cm³/mol. The van der Waals surface area contributed by atoms with Crippen molar-refractivity contribution in [3.05, 3.63) is 57.9 Å². The van der Waals surface area contributed by atoms with E-state index in [-0.39, 0.29) is 5.22 Å². The van der Waals surface area contributed by atoms with Crippen LogP contribution >= 0.6 is 23.1 Å². The number of nitrogens with zero attached hydrogens (tertiary/aromatic N) is 3. The molecule has 1 atom stereocenters. The molecule has 2 aromatic heterocycles. The summed E-state index contributed by atoms with van der Waals surface area (Å²) in [5.41, 5.74) is 1.58. The van der Waals surface area contributed by atoms with E-state index in [4.69, 9.17) is 4.42 Å². The van der Waals surface area contributed by atoms with Crippen molar-refractivity contribution in [3.8, 4) is 0 Å². The average molecular weight is 403 g/mol. The lowest BCUT2D eigenvalue weighted by Crippen LogP contribution is -2.39. The minimum Gasteiger partial charge on any atom is -0.416 e. The maximum atomic E-state index is 12.5. The van der Waals surface area contributed by atoms with E-state index in [1.807, 2.05) is 30.5 Å². The highest BCUT2D eigenvalue weighted by Gasteiger charge is 2.26. The molecule has 0 aliphatic heterocycles. The molecule has 0 aliphatic carbocycles. The second-order valence-corrected chi connectivity index (χ2v) is 7.59. The molecule has 140 valence electrons. The minimum absolute atomic E-state index is 0.248. The van der Waals surface area contributed by atoms with E-state index in [2.05, 4.69) is 25.8 Å². The van der Waals surface area contributed by atoms with Crippen LogP contribution in [0.3, 0.4) is 0 Å². The quantitative estimate of drug-likeness (QED) is 0.609. The van der Waals surface area contributed by atoms with Gasteiger partial charge in [0.15, 0.2) is 0 Å². The van der Waals surface area contributed by atoms with E-state index in [9.17, 15) is 9.59 Å². The molecule has 0 aliphatic rings. The maximum Gasteiger partial charge on any atom is 0.321 e.